The van der Waals surface area contributed by atoms with Crippen molar-refractivity contribution >= 4 is 0 Å². The van der Waals surface area contributed by atoms with Gasteiger partial charge >= 0.3 is 0 Å². The van der Waals surface area contributed by atoms with Gasteiger partial charge in [0.15, 0.2) is 11.6 Å². The zero-order chi connectivity index (χ0) is 10.3. The van der Waals surface area contributed by atoms with Gasteiger partial charge in [-0.3, -0.25) is 0 Å². The Bertz CT molecular complexity index is 368. The summed E-state index contributed by atoms with van der Waals surface area (Å²) in [4.78, 5) is 0. The van der Waals surface area contributed by atoms with Crippen molar-refractivity contribution in [2.24, 2.45) is 5.92 Å². The molecule has 0 heterocycles. The van der Waals surface area contributed by atoms with E-state index in [1.807, 2.05) is 0 Å². The molecule has 0 aliphatic heterocycles. The van der Waals surface area contributed by atoms with E-state index in [9.17, 15) is 13.9 Å². The first-order valence-electron chi connectivity index (χ1n) is 4.42. The van der Waals surface area contributed by atoms with Crippen molar-refractivity contribution in [3.05, 3.63) is 47.2 Å². The Kier molecular flexibility index (Phi) is 2.02. The number of allylic oxidation sites excluding steroid dienone is 1. The lowest BCUT2D eigenvalue weighted by Crippen LogP contribution is -2.01. The van der Waals surface area contributed by atoms with Crippen LogP contribution in [0.3, 0.4) is 0 Å². The van der Waals surface area contributed by atoms with E-state index in [4.69, 9.17) is 0 Å². The summed E-state index contributed by atoms with van der Waals surface area (Å²) in [5.41, 5.74) is 1.54. The molecule has 0 spiro atoms. The highest BCUT2D eigenvalue weighted by Crippen LogP contribution is 2.31. The van der Waals surface area contributed by atoms with Crippen LogP contribution in [-0.4, -0.2) is 5.11 Å². The molecule has 0 radical (unpaired) electrons. The largest absolute Gasteiger partial charge is 0.513 e. The molecule has 1 N–H and O–H groups in total. The summed E-state index contributed by atoms with van der Waals surface area (Å²) in [5, 5.41) is 9.18. The van der Waals surface area contributed by atoms with Crippen LogP contribution in [-0.2, 0) is 12.8 Å². The number of halogens is 2. The van der Waals surface area contributed by atoms with E-state index >= 15 is 0 Å². The zero-order valence-corrected chi connectivity index (χ0v) is 7.56. The Labute approximate surface area is 80.7 Å². The topological polar surface area (TPSA) is 20.2 Å². The first-order chi connectivity index (χ1) is 6.58. The molecular weight excluding hydrogens is 186 g/mol. The molecule has 0 aromatic heterocycles. The fraction of sp³-hybridized carbons (Fsp3) is 0.273. The number of hydrogen-bond acceptors (Lipinski definition) is 1. The Morgan fingerprint density at radius 2 is 1.64 bits per heavy atom. The second-order valence-corrected chi connectivity index (χ2v) is 3.63. The van der Waals surface area contributed by atoms with Crippen molar-refractivity contribution in [1.82, 2.24) is 0 Å². The van der Waals surface area contributed by atoms with Crippen LogP contribution < -0.4 is 0 Å². The smallest absolute Gasteiger partial charge is 0.159 e. The molecule has 0 bridgehead atoms. The molecule has 1 aliphatic carbocycles. The molecule has 0 fully saturated rings. The van der Waals surface area contributed by atoms with Crippen LogP contribution in [0.25, 0.3) is 0 Å². The highest BCUT2D eigenvalue weighted by molar-refractivity contribution is 5.35. The van der Waals surface area contributed by atoms with Gasteiger partial charge in [-0.2, -0.15) is 0 Å². The molecule has 14 heavy (non-hydrogen) atoms. The normalized spacial score (nSPS) is 15.6. The number of rotatable bonds is 1. The molecule has 1 nitrogen and oxygen atoms in total. The summed E-state index contributed by atoms with van der Waals surface area (Å²) in [5.74, 6) is -1.66. The third-order valence-corrected chi connectivity index (χ3v) is 2.65. The molecule has 0 atom stereocenters. The van der Waals surface area contributed by atoms with Crippen LogP contribution in [0.2, 0.25) is 0 Å². The first kappa shape index (κ1) is 9.19. The molecule has 1 aliphatic rings. The van der Waals surface area contributed by atoms with Gasteiger partial charge in [0.1, 0.15) is 0 Å². The summed E-state index contributed by atoms with van der Waals surface area (Å²) in [6.07, 6.45) is 1.09. The van der Waals surface area contributed by atoms with Gasteiger partial charge in [-0.15, -0.1) is 0 Å². The maximum atomic E-state index is 12.8. The number of fused-ring (bicyclic) bond motifs is 1. The predicted molar refractivity (Wildman–Crippen MR) is 49.0 cm³/mol. The van der Waals surface area contributed by atoms with Crippen molar-refractivity contribution < 1.29 is 13.9 Å². The summed E-state index contributed by atoms with van der Waals surface area (Å²) in [6, 6.07) is 2.40. The Morgan fingerprint density at radius 3 is 2.00 bits per heavy atom. The molecule has 0 unspecified atom stereocenters. The van der Waals surface area contributed by atoms with Crippen molar-refractivity contribution in [2.45, 2.75) is 12.8 Å². The van der Waals surface area contributed by atoms with Crippen LogP contribution in [0.1, 0.15) is 11.1 Å². The molecule has 1 aromatic rings. The van der Waals surface area contributed by atoms with Gasteiger partial charge in [-0.25, -0.2) is 8.78 Å². The van der Waals surface area contributed by atoms with Gasteiger partial charge < -0.3 is 5.11 Å². The van der Waals surface area contributed by atoms with Gasteiger partial charge in [-0.1, -0.05) is 6.58 Å². The van der Waals surface area contributed by atoms with Crippen LogP contribution in [0.5, 0.6) is 0 Å². The minimum absolute atomic E-state index is 0.0852. The van der Waals surface area contributed by atoms with E-state index in [0.717, 1.165) is 11.1 Å². The first-order valence-corrected chi connectivity index (χ1v) is 4.42. The van der Waals surface area contributed by atoms with E-state index in [1.54, 1.807) is 0 Å². The number of hydrogen-bond donors (Lipinski definition) is 1. The Balaban J connectivity index is 2.36. The van der Waals surface area contributed by atoms with E-state index in [1.165, 1.54) is 12.1 Å². The van der Waals surface area contributed by atoms with Gasteiger partial charge in [0.2, 0.25) is 0 Å². The third-order valence-electron chi connectivity index (χ3n) is 2.65. The van der Waals surface area contributed by atoms with E-state index in [2.05, 4.69) is 6.58 Å². The minimum atomic E-state index is -0.826. The Morgan fingerprint density at radius 1 is 1.21 bits per heavy atom. The molecule has 0 saturated carbocycles. The lowest BCUT2D eigenvalue weighted by atomic mass is 10.1. The van der Waals surface area contributed by atoms with Gasteiger partial charge in [-0.05, 0) is 36.1 Å². The standard InChI is InChI=1S/C11H10F2O/c1-6(14)7-2-8-4-10(12)11(13)5-9(8)3-7/h4-5,7,14H,1-3H2. The van der Waals surface area contributed by atoms with E-state index < -0.39 is 11.6 Å². The summed E-state index contributed by atoms with van der Waals surface area (Å²) < 4.78 is 25.7. The van der Waals surface area contributed by atoms with Gasteiger partial charge in [0, 0.05) is 5.92 Å². The number of aliphatic hydroxyl groups excluding tert-OH is 1. The second-order valence-electron chi connectivity index (χ2n) is 3.63. The lowest BCUT2D eigenvalue weighted by molar-refractivity contribution is 0.337. The van der Waals surface area contributed by atoms with Gasteiger partial charge in [0.25, 0.3) is 0 Å². The molecular formula is C11H10F2O. The van der Waals surface area contributed by atoms with Crippen molar-refractivity contribution in [3.63, 3.8) is 0 Å². The van der Waals surface area contributed by atoms with E-state index in [-0.39, 0.29) is 11.7 Å². The third kappa shape index (κ3) is 1.39. The van der Waals surface area contributed by atoms with Crippen LogP contribution >= 0.6 is 0 Å². The average molecular weight is 196 g/mol. The second kappa shape index (κ2) is 3.08. The van der Waals surface area contributed by atoms with Crippen molar-refractivity contribution in [3.8, 4) is 0 Å². The van der Waals surface area contributed by atoms with Gasteiger partial charge in [0.05, 0.1) is 5.76 Å². The summed E-state index contributed by atoms with van der Waals surface area (Å²) in [7, 11) is 0. The Hall–Kier alpha value is -1.38. The number of benzene rings is 1. The SMILES string of the molecule is C=C(O)C1Cc2cc(F)c(F)cc2C1. The average Bonchev–Trinajstić information content (AvgIpc) is 2.48. The predicted octanol–water partition coefficient (Wildman–Crippen LogP) is 2.75. The highest BCUT2D eigenvalue weighted by Gasteiger charge is 2.25. The summed E-state index contributed by atoms with van der Waals surface area (Å²) >= 11 is 0. The molecule has 3 heteroatoms. The highest BCUT2D eigenvalue weighted by atomic mass is 19.2. The fourth-order valence-electron chi connectivity index (χ4n) is 1.85. The maximum Gasteiger partial charge on any atom is 0.159 e. The van der Waals surface area contributed by atoms with Crippen LogP contribution in [0.15, 0.2) is 24.5 Å². The van der Waals surface area contributed by atoms with E-state index in [0.29, 0.717) is 12.8 Å². The van der Waals surface area contributed by atoms with Crippen molar-refractivity contribution in [1.29, 1.82) is 0 Å². The monoisotopic (exact) mass is 196 g/mol. The minimum Gasteiger partial charge on any atom is -0.513 e. The molecule has 0 amide bonds. The lowest BCUT2D eigenvalue weighted by Gasteiger charge is -2.04. The number of aliphatic hydroxyl groups is 1. The molecule has 2 rings (SSSR count). The van der Waals surface area contributed by atoms with Crippen molar-refractivity contribution in [2.75, 3.05) is 0 Å². The summed E-state index contributed by atoms with van der Waals surface area (Å²) in [6.45, 7) is 3.43. The molecule has 1 aromatic carbocycles. The van der Waals surface area contributed by atoms with Crippen LogP contribution in [0, 0.1) is 17.6 Å². The quantitative estimate of drug-likeness (QED) is 0.685. The zero-order valence-electron chi connectivity index (χ0n) is 7.56. The fourth-order valence-corrected chi connectivity index (χ4v) is 1.85. The molecule has 74 valence electrons. The van der Waals surface area contributed by atoms with Crippen LogP contribution in [0.4, 0.5) is 8.78 Å². The maximum absolute atomic E-state index is 12.8. The molecule has 0 saturated heterocycles.